The van der Waals surface area contributed by atoms with Crippen LogP contribution in [0.5, 0.6) is 5.75 Å². The van der Waals surface area contributed by atoms with Crippen molar-refractivity contribution in [3.63, 3.8) is 0 Å². The second-order valence-corrected chi connectivity index (χ2v) is 6.20. The molecule has 0 unspecified atom stereocenters. The van der Waals surface area contributed by atoms with Gasteiger partial charge in [0.15, 0.2) is 11.6 Å². The summed E-state index contributed by atoms with van der Waals surface area (Å²) in [5, 5.41) is 10.7. The molecule has 1 heterocycles. The van der Waals surface area contributed by atoms with Crippen LogP contribution in [0.3, 0.4) is 0 Å². The minimum Gasteiger partial charge on any atom is -0.490 e. The molecule has 0 aromatic heterocycles. The summed E-state index contributed by atoms with van der Waals surface area (Å²) in [6.45, 7) is 2.03. The number of β-amino-alcohol motifs (C(OH)–C–C–N with tert-alkyl or cyclic N) is 1. The van der Waals surface area contributed by atoms with Gasteiger partial charge in [-0.1, -0.05) is 6.42 Å². The molecular formula is C16H21F2NO3. The van der Waals surface area contributed by atoms with Gasteiger partial charge in [0, 0.05) is 25.2 Å². The summed E-state index contributed by atoms with van der Waals surface area (Å²) in [6, 6.07) is 3.86. The van der Waals surface area contributed by atoms with E-state index in [0.29, 0.717) is 19.2 Å². The third kappa shape index (κ3) is 3.56. The maximum Gasteiger partial charge on any atom is 0.162 e. The number of hydrogen-bond acceptors (Lipinski definition) is 4. The Hall–Kier alpha value is -1.24. The van der Waals surface area contributed by atoms with Crippen LogP contribution in [0, 0.1) is 11.6 Å². The number of halogens is 2. The maximum atomic E-state index is 13.2. The number of ether oxygens (including phenoxy) is 2. The predicted molar refractivity (Wildman–Crippen MR) is 76.8 cm³/mol. The molecule has 1 aromatic rings. The van der Waals surface area contributed by atoms with Gasteiger partial charge >= 0.3 is 0 Å². The zero-order valence-corrected chi connectivity index (χ0v) is 12.4. The fraction of sp³-hybridized carbons (Fsp3) is 0.625. The van der Waals surface area contributed by atoms with E-state index in [1.165, 1.54) is 12.5 Å². The van der Waals surface area contributed by atoms with Crippen LogP contribution in [-0.4, -0.2) is 54.6 Å². The van der Waals surface area contributed by atoms with Gasteiger partial charge in [-0.15, -0.1) is 0 Å². The average molecular weight is 313 g/mol. The van der Waals surface area contributed by atoms with Crippen LogP contribution < -0.4 is 4.74 Å². The van der Waals surface area contributed by atoms with E-state index in [-0.39, 0.29) is 19.0 Å². The predicted octanol–water partition coefficient (Wildman–Crippen LogP) is 1.96. The minimum atomic E-state index is -1.14. The van der Waals surface area contributed by atoms with Gasteiger partial charge in [-0.25, -0.2) is 8.78 Å². The van der Waals surface area contributed by atoms with E-state index < -0.39 is 17.2 Å². The number of rotatable bonds is 4. The summed E-state index contributed by atoms with van der Waals surface area (Å²) in [4.78, 5) is 2.24. The monoisotopic (exact) mass is 313 g/mol. The standard InChI is InChI=1S/C16H21F2NO3/c17-14-5-4-13(8-15(14)18)22-11-16(20)9-19(6-7-21-10-16)12-2-1-3-12/h4-5,8,12,20H,1-3,6-7,9-11H2/t16-/m1/s1. The molecule has 0 spiro atoms. The zero-order chi connectivity index (χ0) is 15.6. The summed E-state index contributed by atoms with van der Waals surface area (Å²) in [7, 11) is 0. The van der Waals surface area contributed by atoms with Crippen LogP contribution in [0.1, 0.15) is 19.3 Å². The van der Waals surface area contributed by atoms with E-state index in [2.05, 4.69) is 4.90 Å². The highest BCUT2D eigenvalue weighted by Crippen LogP contribution is 2.27. The summed E-state index contributed by atoms with van der Waals surface area (Å²) >= 11 is 0. The molecule has 1 aliphatic carbocycles. The van der Waals surface area contributed by atoms with E-state index in [1.54, 1.807) is 0 Å². The van der Waals surface area contributed by atoms with E-state index in [4.69, 9.17) is 9.47 Å². The van der Waals surface area contributed by atoms with Gasteiger partial charge in [-0.2, -0.15) is 0 Å². The molecule has 1 aliphatic heterocycles. The minimum absolute atomic E-state index is 0.0126. The largest absolute Gasteiger partial charge is 0.490 e. The van der Waals surface area contributed by atoms with Gasteiger partial charge in [0.05, 0.1) is 13.2 Å². The van der Waals surface area contributed by atoms with Gasteiger partial charge in [-0.3, -0.25) is 4.90 Å². The van der Waals surface area contributed by atoms with E-state index in [9.17, 15) is 13.9 Å². The molecule has 122 valence electrons. The highest BCUT2D eigenvalue weighted by molar-refractivity contribution is 5.23. The Morgan fingerprint density at radius 2 is 2.14 bits per heavy atom. The Morgan fingerprint density at radius 3 is 2.82 bits per heavy atom. The van der Waals surface area contributed by atoms with Crippen molar-refractivity contribution in [1.29, 1.82) is 0 Å². The van der Waals surface area contributed by atoms with Gasteiger partial charge < -0.3 is 14.6 Å². The van der Waals surface area contributed by atoms with Gasteiger partial charge in [0.1, 0.15) is 18.0 Å². The first-order chi connectivity index (χ1) is 10.6. The van der Waals surface area contributed by atoms with Crippen molar-refractivity contribution < 1.29 is 23.4 Å². The number of aliphatic hydroxyl groups is 1. The number of hydrogen-bond donors (Lipinski definition) is 1. The van der Waals surface area contributed by atoms with Crippen LogP contribution in [-0.2, 0) is 4.74 Å². The molecular weight excluding hydrogens is 292 g/mol. The van der Waals surface area contributed by atoms with Crippen LogP contribution in [0.15, 0.2) is 18.2 Å². The van der Waals surface area contributed by atoms with Crippen molar-refractivity contribution in [2.24, 2.45) is 0 Å². The molecule has 0 amide bonds. The SMILES string of the molecule is O[C@@]1(COc2ccc(F)c(F)c2)COCCN(C2CCC2)C1. The van der Waals surface area contributed by atoms with Crippen molar-refractivity contribution in [3.05, 3.63) is 29.8 Å². The number of nitrogens with zero attached hydrogens (tertiary/aromatic N) is 1. The molecule has 2 aliphatic rings. The normalized spacial score (nSPS) is 27.2. The van der Waals surface area contributed by atoms with Crippen molar-refractivity contribution in [2.75, 3.05) is 32.9 Å². The van der Waals surface area contributed by atoms with Crippen molar-refractivity contribution in [3.8, 4) is 5.75 Å². The molecule has 0 bridgehead atoms. The average Bonchev–Trinajstić information content (AvgIpc) is 2.61. The first-order valence-corrected chi connectivity index (χ1v) is 7.68. The lowest BCUT2D eigenvalue weighted by molar-refractivity contribution is -0.0698. The Kier molecular flexibility index (Phi) is 4.61. The quantitative estimate of drug-likeness (QED) is 0.923. The molecule has 1 aromatic carbocycles. The molecule has 1 saturated heterocycles. The smallest absolute Gasteiger partial charge is 0.162 e. The van der Waals surface area contributed by atoms with E-state index in [1.807, 2.05) is 0 Å². The third-order valence-corrected chi connectivity index (χ3v) is 4.38. The fourth-order valence-corrected chi connectivity index (χ4v) is 2.88. The molecule has 1 atom stereocenters. The second-order valence-electron chi connectivity index (χ2n) is 6.20. The maximum absolute atomic E-state index is 13.2. The molecule has 4 nitrogen and oxygen atoms in total. The Labute approximate surface area is 128 Å². The van der Waals surface area contributed by atoms with Gasteiger partial charge in [-0.05, 0) is 25.0 Å². The summed E-state index contributed by atoms with van der Waals surface area (Å²) < 4.78 is 37.0. The molecule has 22 heavy (non-hydrogen) atoms. The Bertz CT molecular complexity index is 524. The topological polar surface area (TPSA) is 41.9 Å². The zero-order valence-electron chi connectivity index (χ0n) is 12.4. The third-order valence-electron chi connectivity index (χ3n) is 4.38. The summed E-state index contributed by atoms with van der Waals surface area (Å²) in [6.07, 6.45) is 3.53. The Morgan fingerprint density at radius 1 is 1.32 bits per heavy atom. The van der Waals surface area contributed by atoms with E-state index in [0.717, 1.165) is 31.5 Å². The van der Waals surface area contributed by atoms with Crippen LogP contribution >= 0.6 is 0 Å². The van der Waals surface area contributed by atoms with Crippen LogP contribution in [0.2, 0.25) is 0 Å². The molecule has 0 radical (unpaired) electrons. The molecule has 2 fully saturated rings. The summed E-state index contributed by atoms with van der Waals surface area (Å²) in [5.41, 5.74) is -1.14. The molecule has 6 heteroatoms. The van der Waals surface area contributed by atoms with Crippen LogP contribution in [0.25, 0.3) is 0 Å². The highest BCUT2D eigenvalue weighted by atomic mass is 19.2. The second kappa shape index (κ2) is 6.48. The Balaban J connectivity index is 1.62. The molecule has 3 rings (SSSR count). The number of benzene rings is 1. The molecule has 1 N–H and O–H groups in total. The summed E-state index contributed by atoms with van der Waals surface area (Å²) in [5.74, 6) is -1.68. The lowest BCUT2D eigenvalue weighted by atomic mass is 9.90. The van der Waals surface area contributed by atoms with Crippen LogP contribution in [0.4, 0.5) is 8.78 Å². The van der Waals surface area contributed by atoms with Crippen molar-refractivity contribution >= 4 is 0 Å². The first kappa shape index (κ1) is 15.6. The lowest BCUT2D eigenvalue weighted by Crippen LogP contribution is -2.52. The van der Waals surface area contributed by atoms with E-state index >= 15 is 0 Å². The van der Waals surface area contributed by atoms with Crippen molar-refractivity contribution in [2.45, 2.75) is 30.9 Å². The van der Waals surface area contributed by atoms with Gasteiger partial charge in [0.2, 0.25) is 0 Å². The van der Waals surface area contributed by atoms with Crippen molar-refractivity contribution in [1.82, 2.24) is 4.90 Å². The highest BCUT2D eigenvalue weighted by Gasteiger charge is 2.37. The van der Waals surface area contributed by atoms with Gasteiger partial charge in [0.25, 0.3) is 0 Å². The fourth-order valence-electron chi connectivity index (χ4n) is 2.88. The molecule has 1 saturated carbocycles. The lowest BCUT2D eigenvalue weighted by Gasteiger charge is -2.39. The first-order valence-electron chi connectivity index (χ1n) is 7.68.